The Labute approximate surface area is 61.2 Å². The minimum Gasteiger partial charge on any atom is -0.315 e. The molecule has 0 saturated carbocycles. The molecule has 3 nitrogen and oxygen atoms in total. The van der Waals surface area contributed by atoms with Crippen LogP contribution in [0.3, 0.4) is 0 Å². The second kappa shape index (κ2) is 4.41. The Kier molecular flexibility index (Phi) is 3.40. The van der Waals surface area contributed by atoms with Crippen LogP contribution in [0.4, 0.5) is 0 Å². The molecule has 10 heavy (non-hydrogen) atoms. The molecule has 1 radical (unpaired) electrons. The van der Waals surface area contributed by atoms with E-state index < -0.39 is 0 Å². The average molecular weight is 141 g/mol. The summed E-state index contributed by atoms with van der Waals surface area (Å²) in [6.07, 6.45) is 4.29. The molecule has 1 aliphatic rings. The topological polar surface area (TPSA) is 41.1 Å². The normalized spacial score (nSPS) is 28.6. The smallest absolute Gasteiger partial charge is 0.218 e. The van der Waals surface area contributed by atoms with Crippen molar-refractivity contribution < 1.29 is 4.79 Å². The van der Waals surface area contributed by atoms with E-state index in [0.717, 1.165) is 26.1 Å². The summed E-state index contributed by atoms with van der Waals surface area (Å²) < 4.78 is 0. The van der Waals surface area contributed by atoms with Gasteiger partial charge in [-0.05, 0) is 25.9 Å². The molecule has 0 spiro atoms. The van der Waals surface area contributed by atoms with E-state index in [0.29, 0.717) is 0 Å². The minimum absolute atomic E-state index is 0.0969. The molecule has 1 unspecified atom stereocenters. The zero-order valence-electron chi connectivity index (χ0n) is 6.02. The van der Waals surface area contributed by atoms with Crippen LogP contribution in [-0.4, -0.2) is 32.0 Å². The summed E-state index contributed by atoms with van der Waals surface area (Å²) in [5, 5.41) is 6.25. The number of carbonyl (C=O) groups excluding carboxylic acids is 1. The molecule has 1 fully saturated rings. The van der Waals surface area contributed by atoms with Crippen molar-refractivity contribution in [1.29, 1.82) is 0 Å². The van der Waals surface area contributed by atoms with Gasteiger partial charge in [0.15, 0.2) is 0 Å². The van der Waals surface area contributed by atoms with Crippen molar-refractivity contribution in [3.8, 4) is 0 Å². The lowest BCUT2D eigenvalue weighted by molar-refractivity contribution is 0.463. The van der Waals surface area contributed by atoms with Gasteiger partial charge in [0.2, 0.25) is 6.29 Å². The van der Waals surface area contributed by atoms with E-state index in [9.17, 15) is 4.79 Å². The molecule has 57 valence electrons. The molecule has 1 rings (SSSR count). The van der Waals surface area contributed by atoms with Gasteiger partial charge < -0.3 is 10.6 Å². The van der Waals surface area contributed by atoms with Crippen LogP contribution in [0.25, 0.3) is 0 Å². The first-order valence-corrected chi connectivity index (χ1v) is 3.75. The molecule has 3 heteroatoms. The summed E-state index contributed by atoms with van der Waals surface area (Å²) in [5.74, 6) is 0. The van der Waals surface area contributed by atoms with E-state index >= 15 is 0 Å². The first kappa shape index (κ1) is 7.69. The first-order chi connectivity index (χ1) is 4.93. The second-order valence-electron chi connectivity index (χ2n) is 2.54. The molecule has 0 aromatic rings. The molecule has 1 heterocycles. The highest BCUT2D eigenvalue weighted by Gasteiger charge is 2.07. The molecule has 1 aliphatic heterocycles. The van der Waals surface area contributed by atoms with Crippen molar-refractivity contribution >= 4 is 6.29 Å². The van der Waals surface area contributed by atoms with E-state index in [1.807, 2.05) is 6.29 Å². The van der Waals surface area contributed by atoms with Gasteiger partial charge in [0.1, 0.15) is 0 Å². The van der Waals surface area contributed by atoms with E-state index in [-0.39, 0.29) is 6.04 Å². The molecule has 2 N–H and O–H groups in total. The fraction of sp³-hybridized carbons (Fsp3) is 0.857. The Bertz CT molecular complexity index is 97.8. The van der Waals surface area contributed by atoms with Gasteiger partial charge in [-0.1, -0.05) is 0 Å². The summed E-state index contributed by atoms with van der Waals surface area (Å²) >= 11 is 0. The van der Waals surface area contributed by atoms with Gasteiger partial charge in [0.05, 0.1) is 6.04 Å². The Morgan fingerprint density at radius 2 is 2.10 bits per heavy atom. The average Bonchev–Trinajstić information content (AvgIpc) is 1.87. The third kappa shape index (κ3) is 2.45. The summed E-state index contributed by atoms with van der Waals surface area (Å²) in [6.45, 7) is 2.70. The molecule has 0 amide bonds. The molecule has 1 atom stereocenters. The predicted octanol–water partition coefficient (Wildman–Crippen LogP) is -0.562. The zero-order valence-corrected chi connectivity index (χ0v) is 6.02. The second-order valence-corrected chi connectivity index (χ2v) is 2.54. The SMILES string of the molecule is O=[C]C1CNCCCCN1. The van der Waals surface area contributed by atoms with Crippen LogP contribution in [0.1, 0.15) is 12.8 Å². The summed E-state index contributed by atoms with van der Waals surface area (Å²) in [7, 11) is 0. The number of nitrogens with one attached hydrogen (secondary N) is 2. The van der Waals surface area contributed by atoms with Gasteiger partial charge in [-0.2, -0.15) is 0 Å². The highest BCUT2D eigenvalue weighted by Crippen LogP contribution is 1.89. The maximum Gasteiger partial charge on any atom is 0.218 e. The van der Waals surface area contributed by atoms with Crippen molar-refractivity contribution in [2.45, 2.75) is 18.9 Å². The Balaban J connectivity index is 2.22. The molecule has 1 saturated heterocycles. The van der Waals surface area contributed by atoms with E-state index in [1.54, 1.807) is 0 Å². The lowest BCUT2D eigenvalue weighted by Gasteiger charge is -2.15. The quantitative estimate of drug-likeness (QED) is 0.514. The highest BCUT2D eigenvalue weighted by atomic mass is 16.1. The first-order valence-electron chi connectivity index (χ1n) is 3.75. The Morgan fingerprint density at radius 1 is 1.30 bits per heavy atom. The standard InChI is InChI=1S/C7H13N2O/c10-6-7-5-8-3-1-2-4-9-7/h7-9H,1-5H2. The molecular formula is C7H13N2O. The lowest BCUT2D eigenvalue weighted by atomic mass is 10.2. The van der Waals surface area contributed by atoms with Crippen molar-refractivity contribution in [3.63, 3.8) is 0 Å². The number of rotatable bonds is 1. The van der Waals surface area contributed by atoms with E-state index in [4.69, 9.17) is 0 Å². The maximum atomic E-state index is 10.2. The zero-order chi connectivity index (χ0) is 7.23. The van der Waals surface area contributed by atoms with Gasteiger partial charge >= 0.3 is 0 Å². The molecular weight excluding hydrogens is 128 g/mol. The third-order valence-corrected chi connectivity index (χ3v) is 1.66. The summed E-state index contributed by atoms with van der Waals surface area (Å²) in [5.41, 5.74) is 0. The van der Waals surface area contributed by atoms with Gasteiger partial charge in [0.25, 0.3) is 0 Å². The van der Waals surface area contributed by atoms with Crippen molar-refractivity contribution in [1.82, 2.24) is 10.6 Å². The fourth-order valence-corrected chi connectivity index (χ4v) is 1.05. The molecule has 0 bridgehead atoms. The van der Waals surface area contributed by atoms with Crippen molar-refractivity contribution in [2.75, 3.05) is 19.6 Å². The molecule has 0 aliphatic carbocycles. The van der Waals surface area contributed by atoms with Crippen LogP contribution in [0.15, 0.2) is 0 Å². The van der Waals surface area contributed by atoms with Gasteiger partial charge in [0, 0.05) is 6.54 Å². The van der Waals surface area contributed by atoms with Crippen LogP contribution < -0.4 is 10.6 Å². The number of hydrogen-bond acceptors (Lipinski definition) is 3. The van der Waals surface area contributed by atoms with E-state index in [2.05, 4.69) is 10.6 Å². The molecule has 0 aromatic heterocycles. The predicted molar refractivity (Wildman–Crippen MR) is 39.6 cm³/mol. The van der Waals surface area contributed by atoms with Gasteiger partial charge in [-0.25, -0.2) is 0 Å². The highest BCUT2D eigenvalue weighted by molar-refractivity contribution is 5.58. The largest absolute Gasteiger partial charge is 0.315 e. The Morgan fingerprint density at radius 3 is 2.90 bits per heavy atom. The lowest BCUT2D eigenvalue weighted by Crippen LogP contribution is -2.42. The van der Waals surface area contributed by atoms with Crippen LogP contribution >= 0.6 is 0 Å². The van der Waals surface area contributed by atoms with Gasteiger partial charge in [-0.15, -0.1) is 0 Å². The van der Waals surface area contributed by atoms with Crippen LogP contribution in [0.5, 0.6) is 0 Å². The van der Waals surface area contributed by atoms with Crippen LogP contribution in [0, 0.1) is 0 Å². The van der Waals surface area contributed by atoms with Crippen molar-refractivity contribution in [2.24, 2.45) is 0 Å². The van der Waals surface area contributed by atoms with Crippen LogP contribution in [-0.2, 0) is 4.79 Å². The summed E-state index contributed by atoms with van der Waals surface area (Å²) in [4.78, 5) is 10.2. The van der Waals surface area contributed by atoms with E-state index in [1.165, 1.54) is 6.42 Å². The minimum atomic E-state index is -0.0969. The maximum absolute atomic E-state index is 10.2. The fourth-order valence-electron chi connectivity index (χ4n) is 1.05. The monoisotopic (exact) mass is 141 g/mol. The van der Waals surface area contributed by atoms with Crippen LogP contribution in [0.2, 0.25) is 0 Å². The third-order valence-electron chi connectivity index (χ3n) is 1.66. The number of hydrogen-bond donors (Lipinski definition) is 2. The Hall–Kier alpha value is -0.410. The molecule has 0 aromatic carbocycles. The van der Waals surface area contributed by atoms with Gasteiger partial charge in [-0.3, -0.25) is 4.79 Å². The van der Waals surface area contributed by atoms with Crippen molar-refractivity contribution in [3.05, 3.63) is 0 Å². The summed E-state index contributed by atoms with van der Waals surface area (Å²) in [6, 6.07) is -0.0969.